The molecule has 3 aromatic rings. The quantitative estimate of drug-likeness (QED) is 0.621. The van der Waals surface area contributed by atoms with Gasteiger partial charge in [0.15, 0.2) is 5.69 Å². The molecule has 0 N–H and O–H groups in total. The molecule has 7 heteroatoms. The number of benzene rings is 2. The monoisotopic (exact) mass is 368 g/mol. The number of fused-ring (bicyclic) bond motifs is 1. The summed E-state index contributed by atoms with van der Waals surface area (Å²) in [6.45, 7) is 0.379. The van der Waals surface area contributed by atoms with Crippen molar-refractivity contribution in [2.75, 3.05) is 7.11 Å². The van der Waals surface area contributed by atoms with Crippen LogP contribution in [0.15, 0.2) is 36.4 Å². The molecule has 0 aliphatic heterocycles. The largest absolute Gasteiger partial charge is 0.464 e. The number of methoxy groups -OCH3 is 1. The maximum absolute atomic E-state index is 11.9. The lowest BCUT2D eigenvalue weighted by atomic mass is 10.2. The molecule has 3 rings (SSSR count). The summed E-state index contributed by atoms with van der Waals surface area (Å²) in [5.41, 5.74) is 1.80. The highest BCUT2D eigenvalue weighted by atomic mass is 35.5. The minimum Gasteiger partial charge on any atom is -0.464 e. The van der Waals surface area contributed by atoms with Gasteiger partial charge in [-0.05, 0) is 35.9 Å². The predicted molar refractivity (Wildman–Crippen MR) is 91.6 cm³/mol. The standard InChI is InChI=1S/C16H11Cl3N2O2/c1-23-16(22)15-12-5-4-11(18)7-14(12)21(20-15)8-9-2-3-10(17)6-13(9)19/h2-7H,8H2,1H3. The van der Waals surface area contributed by atoms with Crippen molar-refractivity contribution in [3.63, 3.8) is 0 Å². The average molecular weight is 370 g/mol. The van der Waals surface area contributed by atoms with E-state index >= 15 is 0 Å². The second-order valence-corrected chi connectivity index (χ2v) is 6.18. The lowest BCUT2D eigenvalue weighted by Crippen LogP contribution is -2.06. The molecule has 1 heterocycles. The minimum atomic E-state index is -0.502. The molecule has 0 amide bonds. The Bertz CT molecular complexity index is 906. The molecule has 0 atom stereocenters. The highest BCUT2D eigenvalue weighted by molar-refractivity contribution is 6.35. The molecule has 0 saturated heterocycles. The maximum atomic E-state index is 11.9. The molecule has 0 aliphatic rings. The Kier molecular flexibility index (Phi) is 4.48. The number of nitrogens with zero attached hydrogens (tertiary/aromatic N) is 2. The Labute approximate surface area is 147 Å². The molecule has 2 aromatic carbocycles. The fourth-order valence-corrected chi connectivity index (χ4v) is 2.96. The van der Waals surface area contributed by atoms with Crippen LogP contribution in [0, 0.1) is 0 Å². The second kappa shape index (κ2) is 6.40. The van der Waals surface area contributed by atoms with Crippen LogP contribution in [-0.2, 0) is 11.3 Å². The van der Waals surface area contributed by atoms with E-state index < -0.39 is 5.97 Å². The minimum absolute atomic E-state index is 0.240. The van der Waals surface area contributed by atoms with Crippen LogP contribution in [0.5, 0.6) is 0 Å². The van der Waals surface area contributed by atoms with Gasteiger partial charge < -0.3 is 4.74 Å². The number of rotatable bonds is 3. The maximum Gasteiger partial charge on any atom is 0.359 e. The molecule has 0 bridgehead atoms. The van der Waals surface area contributed by atoms with E-state index in [1.165, 1.54) is 7.11 Å². The third kappa shape index (κ3) is 3.15. The number of esters is 1. The predicted octanol–water partition coefficient (Wildman–Crippen LogP) is 4.83. The fourth-order valence-electron chi connectivity index (χ4n) is 2.33. The summed E-state index contributed by atoms with van der Waals surface area (Å²) in [4.78, 5) is 11.9. The van der Waals surface area contributed by atoms with Gasteiger partial charge in [-0.25, -0.2) is 4.79 Å². The van der Waals surface area contributed by atoms with Crippen LogP contribution in [0.1, 0.15) is 16.1 Å². The van der Waals surface area contributed by atoms with Crippen LogP contribution >= 0.6 is 34.8 Å². The summed E-state index contributed by atoms with van der Waals surface area (Å²) in [6.07, 6.45) is 0. The van der Waals surface area contributed by atoms with Gasteiger partial charge in [-0.15, -0.1) is 0 Å². The average Bonchev–Trinajstić information content (AvgIpc) is 2.87. The van der Waals surface area contributed by atoms with Crippen molar-refractivity contribution < 1.29 is 9.53 Å². The zero-order chi connectivity index (χ0) is 16.6. The zero-order valence-electron chi connectivity index (χ0n) is 12.0. The van der Waals surface area contributed by atoms with Crippen LogP contribution in [0.25, 0.3) is 10.9 Å². The van der Waals surface area contributed by atoms with Crippen LogP contribution in [0.2, 0.25) is 15.1 Å². The van der Waals surface area contributed by atoms with Crippen molar-refractivity contribution in [1.82, 2.24) is 9.78 Å². The lowest BCUT2D eigenvalue weighted by Gasteiger charge is -2.06. The summed E-state index contributed by atoms with van der Waals surface area (Å²) in [5.74, 6) is -0.502. The van der Waals surface area contributed by atoms with E-state index in [1.807, 2.05) is 6.07 Å². The number of hydrogen-bond donors (Lipinski definition) is 0. The van der Waals surface area contributed by atoms with Gasteiger partial charge in [0.1, 0.15) is 0 Å². The molecular weight excluding hydrogens is 359 g/mol. The zero-order valence-corrected chi connectivity index (χ0v) is 14.3. The smallest absolute Gasteiger partial charge is 0.359 e. The van der Waals surface area contributed by atoms with Crippen molar-refractivity contribution >= 4 is 51.7 Å². The molecule has 0 unspecified atom stereocenters. The van der Waals surface area contributed by atoms with Crippen molar-refractivity contribution in [3.8, 4) is 0 Å². The van der Waals surface area contributed by atoms with Crippen LogP contribution < -0.4 is 0 Å². The molecule has 23 heavy (non-hydrogen) atoms. The first-order valence-corrected chi connectivity index (χ1v) is 7.81. The van der Waals surface area contributed by atoms with Gasteiger partial charge in [-0.1, -0.05) is 40.9 Å². The first kappa shape index (κ1) is 16.1. The molecule has 0 aliphatic carbocycles. The molecule has 0 fully saturated rings. The topological polar surface area (TPSA) is 44.1 Å². The van der Waals surface area contributed by atoms with Crippen LogP contribution in [0.4, 0.5) is 0 Å². The first-order valence-electron chi connectivity index (χ1n) is 6.68. The van der Waals surface area contributed by atoms with Crippen molar-refractivity contribution in [2.24, 2.45) is 0 Å². The number of halogens is 3. The van der Waals surface area contributed by atoms with E-state index in [2.05, 4.69) is 5.10 Å². The van der Waals surface area contributed by atoms with Crippen LogP contribution in [0.3, 0.4) is 0 Å². The van der Waals surface area contributed by atoms with Gasteiger partial charge >= 0.3 is 5.97 Å². The van der Waals surface area contributed by atoms with E-state index in [0.717, 1.165) is 11.1 Å². The summed E-state index contributed by atoms with van der Waals surface area (Å²) in [5, 5.41) is 6.67. The van der Waals surface area contributed by atoms with E-state index in [0.29, 0.717) is 27.0 Å². The highest BCUT2D eigenvalue weighted by Crippen LogP contribution is 2.26. The van der Waals surface area contributed by atoms with Gasteiger partial charge in [0.05, 0.1) is 19.2 Å². The van der Waals surface area contributed by atoms with Crippen LogP contribution in [-0.4, -0.2) is 22.9 Å². The van der Waals surface area contributed by atoms with E-state index in [4.69, 9.17) is 39.5 Å². The normalized spacial score (nSPS) is 11.0. The van der Waals surface area contributed by atoms with E-state index in [9.17, 15) is 4.79 Å². The van der Waals surface area contributed by atoms with E-state index in [-0.39, 0.29) is 5.69 Å². The Morgan fingerprint density at radius 1 is 1.13 bits per heavy atom. The van der Waals surface area contributed by atoms with Gasteiger partial charge in [-0.2, -0.15) is 5.10 Å². The Morgan fingerprint density at radius 2 is 1.83 bits per heavy atom. The number of carbonyl (C=O) groups excluding carboxylic acids is 1. The number of aromatic nitrogens is 2. The summed E-state index contributed by atoms with van der Waals surface area (Å²) in [6, 6.07) is 10.4. The molecule has 0 spiro atoms. The molecule has 1 aromatic heterocycles. The number of hydrogen-bond acceptors (Lipinski definition) is 3. The van der Waals surface area contributed by atoms with Gasteiger partial charge in [0.2, 0.25) is 0 Å². The lowest BCUT2D eigenvalue weighted by molar-refractivity contribution is 0.0595. The molecule has 0 saturated carbocycles. The van der Waals surface area contributed by atoms with Gasteiger partial charge in [0.25, 0.3) is 0 Å². The number of carbonyl (C=O) groups is 1. The third-order valence-electron chi connectivity index (χ3n) is 3.43. The summed E-state index contributed by atoms with van der Waals surface area (Å²) < 4.78 is 6.46. The Morgan fingerprint density at radius 3 is 2.52 bits per heavy atom. The fraction of sp³-hybridized carbons (Fsp3) is 0.125. The number of ether oxygens (including phenoxy) is 1. The summed E-state index contributed by atoms with van der Waals surface area (Å²) >= 11 is 18.2. The second-order valence-electron chi connectivity index (χ2n) is 4.90. The third-order valence-corrected chi connectivity index (χ3v) is 4.25. The van der Waals surface area contributed by atoms with Gasteiger partial charge in [-0.3, -0.25) is 4.68 Å². The van der Waals surface area contributed by atoms with Gasteiger partial charge in [0, 0.05) is 20.5 Å². The van der Waals surface area contributed by atoms with Crippen molar-refractivity contribution in [3.05, 3.63) is 62.7 Å². The molecule has 0 radical (unpaired) electrons. The Balaban J connectivity index is 2.13. The summed E-state index contributed by atoms with van der Waals surface area (Å²) in [7, 11) is 1.32. The van der Waals surface area contributed by atoms with E-state index in [1.54, 1.807) is 35.0 Å². The molecule has 4 nitrogen and oxygen atoms in total. The van der Waals surface area contributed by atoms with Crippen molar-refractivity contribution in [1.29, 1.82) is 0 Å². The highest BCUT2D eigenvalue weighted by Gasteiger charge is 2.18. The molecule has 118 valence electrons. The Hall–Kier alpha value is -1.75. The molecular formula is C16H11Cl3N2O2. The first-order chi connectivity index (χ1) is 11.0. The van der Waals surface area contributed by atoms with Crippen molar-refractivity contribution in [2.45, 2.75) is 6.54 Å². The SMILES string of the molecule is COC(=O)c1nn(Cc2ccc(Cl)cc2Cl)c2cc(Cl)ccc12.